The number of aromatic nitrogens is 2. The monoisotopic (exact) mass is 212 g/mol. The third kappa shape index (κ3) is 1.37. The predicted molar refractivity (Wildman–Crippen MR) is 60.6 cm³/mol. The fourth-order valence-corrected chi connectivity index (χ4v) is 1.73. The molecule has 0 fully saturated rings. The highest BCUT2D eigenvalue weighted by atomic mass is 19.1. The molecule has 0 atom stereocenters. The smallest absolute Gasteiger partial charge is 0.199 e. The lowest BCUT2D eigenvalue weighted by Gasteiger charge is -1.93. The number of hydrogen-bond acceptors (Lipinski definition) is 1. The van der Waals surface area contributed by atoms with E-state index in [0.717, 1.165) is 11.3 Å². The van der Waals surface area contributed by atoms with Gasteiger partial charge in [-0.2, -0.15) is 4.39 Å². The first kappa shape index (κ1) is 9.09. The van der Waals surface area contributed by atoms with Gasteiger partial charge in [-0.25, -0.2) is 4.98 Å². The Morgan fingerprint density at radius 3 is 2.50 bits per heavy atom. The number of halogens is 1. The molecule has 2 heterocycles. The van der Waals surface area contributed by atoms with Crippen LogP contribution in [0.15, 0.2) is 54.7 Å². The van der Waals surface area contributed by atoms with Crippen LogP contribution in [-0.4, -0.2) is 9.38 Å². The average Bonchev–Trinajstić information content (AvgIpc) is 2.76. The van der Waals surface area contributed by atoms with Crippen molar-refractivity contribution in [2.24, 2.45) is 0 Å². The minimum atomic E-state index is -0.299. The summed E-state index contributed by atoms with van der Waals surface area (Å²) in [6.07, 6.45) is 1.71. The van der Waals surface area contributed by atoms with Crippen molar-refractivity contribution in [3.8, 4) is 11.3 Å². The topological polar surface area (TPSA) is 17.3 Å². The molecule has 0 radical (unpaired) electrons. The van der Waals surface area contributed by atoms with Crippen LogP contribution < -0.4 is 0 Å². The van der Waals surface area contributed by atoms with Crippen molar-refractivity contribution >= 4 is 5.65 Å². The van der Waals surface area contributed by atoms with Gasteiger partial charge in [0.2, 0.25) is 0 Å². The Balaban J connectivity index is 2.23. The van der Waals surface area contributed by atoms with Crippen LogP contribution in [0.3, 0.4) is 0 Å². The van der Waals surface area contributed by atoms with Gasteiger partial charge in [-0.15, -0.1) is 0 Å². The number of fused-ring (bicyclic) bond motifs is 1. The molecule has 16 heavy (non-hydrogen) atoms. The SMILES string of the molecule is Fc1cccc2nc(-c3ccccc3)cn12. The minimum absolute atomic E-state index is 0.299. The summed E-state index contributed by atoms with van der Waals surface area (Å²) in [5, 5.41) is 0. The van der Waals surface area contributed by atoms with Crippen molar-refractivity contribution in [3.05, 3.63) is 60.7 Å². The first-order valence-corrected chi connectivity index (χ1v) is 5.03. The maximum atomic E-state index is 13.4. The van der Waals surface area contributed by atoms with Crippen molar-refractivity contribution in [1.29, 1.82) is 0 Å². The summed E-state index contributed by atoms with van der Waals surface area (Å²) >= 11 is 0. The van der Waals surface area contributed by atoms with Gasteiger partial charge < -0.3 is 0 Å². The summed E-state index contributed by atoms with van der Waals surface area (Å²) in [6.45, 7) is 0. The molecule has 2 nitrogen and oxygen atoms in total. The Kier molecular flexibility index (Phi) is 1.96. The van der Waals surface area contributed by atoms with Crippen molar-refractivity contribution in [2.75, 3.05) is 0 Å². The van der Waals surface area contributed by atoms with Gasteiger partial charge in [0.05, 0.1) is 5.69 Å². The molecule has 0 saturated carbocycles. The molecule has 0 saturated heterocycles. The number of benzene rings is 1. The molecule has 3 heteroatoms. The lowest BCUT2D eigenvalue weighted by molar-refractivity contribution is 0.568. The lowest BCUT2D eigenvalue weighted by Crippen LogP contribution is -1.88. The van der Waals surface area contributed by atoms with Crippen molar-refractivity contribution in [2.45, 2.75) is 0 Å². The molecule has 0 bridgehead atoms. The van der Waals surface area contributed by atoms with Crippen LogP contribution in [0.25, 0.3) is 16.9 Å². The minimum Gasteiger partial charge on any atom is -0.275 e. The highest BCUT2D eigenvalue weighted by Crippen LogP contribution is 2.19. The van der Waals surface area contributed by atoms with Gasteiger partial charge >= 0.3 is 0 Å². The van der Waals surface area contributed by atoms with Gasteiger partial charge in [0, 0.05) is 11.8 Å². The molecule has 2 aromatic heterocycles. The molecular weight excluding hydrogens is 203 g/mol. The summed E-state index contributed by atoms with van der Waals surface area (Å²) in [5.74, 6) is -0.299. The van der Waals surface area contributed by atoms with Gasteiger partial charge in [0.1, 0.15) is 5.65 Å². The normalized spacial score (nSPS) is 10.8. The Morgan fingerprint density at radius 1 is 0.938 bits per heavy atom. The van der Waals surface area contributed by atoms with Gasteiger partial charge in [-0.05, 0) is 12.1 Å². The lowest BCUT2D eigenvalue weighted by atomic mass is 10.2. The zero-order valence-electron chi connectivity index (χ0n) is 8.47. The maximum Gasteiger partial charge on any atom is 0.199 e. The summed E-state index contributed by atoms with van der Waals surface area (Å²) < 4.78 is 14.9. The van der Waals surface area contributed by atoms with E-state index in [0.29, 0.717) is 5.65 Å². The maximum absolute atomic E-state index is 13.4. The molecule has 0 aliphatic heterocycles. The van der Waals surface area contributed by atoms with Crippen LogP contribution in [0.5, 0.6) is 0 Å². The average molecular weight is 212 g/mol. The molecule has 3 rings (SSSR count). The number of hydrogen-bond donors (Lipinski definition) is 0. The van der Waals surface area contributed by atoms with E-state index in [4.69, 9.17) is 0 Å². The van der Waals surface area contributed by atoms with Crippen molar-refractivity contribution < 1.29 is 4.39 Å². The number of nitrogens with zero attached hydrogens (tertiary/aromatic N) is 2. The Labute approximate surface area is 92.0 Å². The van der Waals surface area contributed by atoms with Crippen molar-refractivity contribution in [3.63, 3.8) is 0 Å². The molecule has 3 aromatic rings. The van der Waals surface area contributed by atoms with E-state index in [1.807, 2.05) is 30.3 Å². The Bertz CT molecular complexity index is 629. The highest BCUT2D eigenvalue weighted by Gasteiger charge is 2.05. The fourth-order valence-electron chi connectivity index (χ4n) is 1.73. The van der Waals surface area contributed by atoms with Crippen LogP contribution in [0.4, 0.5) is 4.39 Å². The quantitative estimate of drug-likeness (QED) is 0.566. The largest absolute Gasteiger partial charge is 0.275 e. The van der Waals surface area contributed by atoms with Gasteiger partial charge in [-0.1, -0.05) is 36.4 Å². The van der Waals surface area contributed by atoms with Crippen LogP contribution in [-0.2, 0) is 0 Å². The molecule has 1 aromatic carbocycles. The zero-order valence-corrected chi connectivity index (χ0v) is 8.47. The Hall–Kier alpha value is -2.16. The summed E-state index contributed by atoms with van der Waals surface area (Å²) in [7, 11) is 0. The van der Waals surface area contributed by atoms with Gasteiger partial charge in [0.15, 0.2) is 5.95 Å². The van der Waals surface area contributed by atoms with Gasteiger partial charge in [-0.3, -0.25) is 4.40 Å². The van der Waals surface area contributed by atoms with E-state index in [-0.39, 0.29) is 5.95 Å². The number of imidazole rings is 1. The zero-order chi connectivity index (χ0) is 11.0. The van der Waals surface area contributed by atoms with Crippen LogP contribution >= 0.6 is 0 Å². The molecule has 0 aliphatic rings. The second-order valence-electron chi connectivity index (χ2n) is 3.57. The van der Waals surface area contributed by atoms with Crippen LogP contribution in [0.1, 0.15) is 0 Å². The molecular formula is C13H9FN2. The fraction of sp³-hybridized carbons (Fsp3) is 0. The summed E-state index contributed by atoms with van der Waals surface area (Å²) in [5.41, 5.74) is 2.40. The first-order valence-electron chi connectivity index (χ1n) is 5.03. The Morgan fingerprint density at radius 2 is 1.75 bits per heavy atom. The van der Waals surface area contributed by atoms with E-state index in [1.165, 1.54) is 10.5 Å². The second-order valence-corrected chi connectivity index (χ2v) is 3.57. The number of rotatable bonds is 1. The molecule has 0 aliphatic carbocycles. The summed E-state index contributed by atoms with van der Waals surface area (Å²) in [6, 6.07) is 14.6. The van der Waals surface area contributed by atoms with E-state index in [2.05, 4.69) is 4.98 Å². The summed E-state index contributed by atoms with van der Waals surface area (Å²) in [4.78, 5) is 4.37. The van der Waals surface area contributed by atoms with E-state index < -0.39 is 0 Å². The first-order chi connectivity index (χ1) is 7.84. The standard InChI is InChI=1S/C13H9FN2/c14-12-7-4-8-13-15-11(9-16(12)13)10-5-2-1-3-6-10/h1-9H. The molecule has 78 valence electrons. The molecule has 0 spiro atoms. The second kappa shape index (κ2) is 3.45. The predicted octanol–water partition coefficient (Wildman–Crippen LogP) is 3.14. The van der Waals surface area contributed by atoms with E-state index in [1.54, 1.807) is 18.3 Å². The van der Waals surface area contributed by atoms with E-state index in [9.17, 15) is 4.39 Å². The molecule has 0 unspecified atom stereocenters. The molecule has 0 N–H and O–H groups in total. The number of pyridine rings is 1. The van der Waals surface area contributed by atoms with Crippen LogP contribution in [0, 0.1) is 5.95 Å². The molecule has 0 amide bonds. The van der Waals surface area contributed by atoms with E-state index >= 15 is 0 Å². The highest BCUT2D eigenvalue weighted by molar-refractivity contribution is 5.62. The third-order valence-electron chi connectivity index (χ3n) is 2.51. The van der Waals surface area contributed by atoms with Crippen LogP contribution in [0.2, 0.25) is 0 Å². The van der Waals surface area contributed by atoms with Crippen molar-refractivity contribution in [1.82, 2.24) is 9.38 Å². The third-order valence-corrected chi connectivity index (χ3v) is 2.51. The van der Waals surface area contributed by atoms with Gasteiger partial charge in [0.25, 0.3) is 0 Å².